The van der Waals surface area contributed by atoms with Gasteiger partial charge in [0.25, 0.3) is 0 Å². The summed E-state index contributed by atoms with van der Waals surface area (Å²) in [6.07, 6.45) is 9.47. The van der Waals surface area contributed by atoms with Crippen LogP contribution in [-0.2, 0) is 9.53 Å². The summed E-state index contributed by atoms with van der Waals surface area (Å²) in [5, 5.41) is 0. The Kier molecular flexibility index (Phi) is 8.38. The van der Waals surface area contributed by atoms with Crippen molar-refractivity contribution in [2.45, 2.75) is 32.1 Å². The van der Waals surface area contributed by atoms with E-state index in [2.05, 4.69) is 5.92 Å². The summed E-state index contributed by atoms with van der Waals surface area (Å²) in [6.45, 7) is 1.10. The van der Waals surface area contributed by atoms with Crippen LogP contribution in [0, 0.1) is 12.3 Å². The number of rotatable bonds is 8. The quantitative estimate of drug-likeness (QED) is 0.452. The van der Waals surface area contributed by atoms with Crippen molar-refractivity contribution >= 4 is 5.91 Å². The fraction of sp³-hybridized carbons (Fsp3) is 0.700. The molecule has 0 heterocycles. The van der Waals surface area contributed by atoms with Crippen LogP contribution in [0.1, 0.15) is 32.1 Å². The van der Waals surface area contributed by atoms with Crippen LogP contribution < -0.4 is 5.73 Å². The molecule has 0 aromatic heterocycles. The summed E-state index contributed by atoms with van der Waals surface area (Å²) in [5.41, 5.74) is 4.99. The maximum absolute atomic E-state index is 10.3. The van der Waals surface area contributed by atoms with E-state index in [1.807, 2.05) is 0 Å². The van der Waals surface area contributed by atoms with Crippen molar-refractivity contribution in [1.29, 1.82) is 0 Å². The lowest BCUT2D eigenvalue weighted by atomic mass is 10.1. The molecule has 0 atom stereocenters. The van der Waals surface area contributed by atoms with Crippen LogP contribution in [0.15, 0.2) is 0 Å². The van der Waals surface area contributed by atoms with Gasteiger partial charge in [0.2, 0.25) is 5.91 Å². The van der Waals surface area contributed by atoms with Crippen molar-refractivity contribution in [3.63, 3.8) is 0 Å². The van der Waals surface area contributed by atoms with E-state index in [0.29, 0.717) is 19.6 Å². The van der Waals surface area contributed by atoms with Crippen molar-refractivity contribution in [2.24, 2.45) is 5.73 Å². The zero-order valence-electron chi connectivity index (χ0n) is 7.92. The van der Waals surface area contributed by atoms with E-state index >= 15 is 0 Å². The predicted octanol–water partition coefficient (Wildman–Crippen LogP) is 1.07. The lowest BCUT2D eigenvalue weighted by molar-refractivity contribution is -0.118. The Bertz CT molecular complexity index is 172. The van der Waals surface area contributed by atoms with Gasteiger partial charge in [0.05, 0.1) is 0 Å². The molecule has 3 heteroatoms. The van der Waals surface area contributed by atoms with Gasteiger partial charge in [0, 0.05) is 13.0 Å². The second-order valence-electron chi connectivity index (χ2n) is 2.89. The number of hydrogen-bond acceptors (Lipinski definition) is 2. The van der Waals surface area contributed by atoms with Gasteiger partial charge >= 0.3 is 0 Å². The third-order valence-electron chi connectivity index (χ3n) is 1.65. The first-order valence-corrected chi connectivity index (χ1v) is 4.57. The molecule has 74 valence electrons. The minimum Gasteiger partial charge on any atom is -0.370 e. The summed E-state index contributed by atoms with van der Waals surface area (Å²) in [4.78, 5) is 10.3. The molecule has 0 aliphatic heterocycles. The van der Waals surface area contributed by atoms with Gasteiger partial charge in [0.1, 0.15) is 6.61 Å². The van der Waals surface area contributed by atoms with E-state index in [0.717, 1.165) is 25.7 Å². The second kappa shape index (κ2) is 9.08. The van der Waals surface area contributed by atoms with E-state index < -0.39 is 0 Å². The minimum atomic E-state index is -0.219. The third kappa shape index (κ3) is 11.0. The Balaban J connectivity index is 2.92. The van der Waals surface area contributed by atoms with Gasteiger partial charge in [-0.15, -0.1) is 6.42 Å². The summed E-state index contributed by atoms with van der Waals surface area (Å²) < 4.78 is 5.08. The molecule has 1 amide bonds. The molecular formula is C10H17NO2. The Morgan fingerprint density at radius 1 is 1.31 bits per heavy atom. The van der Waals surface area contributed by atoms with Gasteiger partial charge in [0.15, 0.2) is 0 Å². The van der Waals surface area contributed by atoms with E-state index in [4.69, 9.17) is 16.9 Å². The zero-order valence-corrected chi connectivity index (χ0v) is 7.92. The first kappa shape index (κ1) is 12.0. The molecule has 0 bridgehead atoms. The molecule has 0 radical (unpaired) electrons. The monoisotopic (exact) mass is 183 g/mol. The maximum Gasteiger partial charge on any atom is 0.217 e. The van der Waals surface area contributed by atoms with Crippen molar-refractivity contribution < 1.29 is 9.53 Å². The lowest BCUT2D eigenvalue weighted by Gasteiger charge is -2.00. The summed E-state index contributed by atoms with van der Waals surface area (Å²) in [5.74, 6) is 2.18. The van der Waals surface area contributed by atoms with Crippen LogP contribution in [0.3, 0.4) is 0 Å². The highest BCUT2D eigenvalue weighted by Gasteiger charge is 1.94. The number of nitrogens with two attached hydrogens (primary N) is 1. The molecule has 0 unspecified atom stereocenters. The SMILES string of the molecule is C#CCOCCCCCCC(N)=O. The Hall–Kier alpha value is -1.01. The Labute approximate surface area is 79.6 Å². The molecule has 0 aliphatic rings. The third-order valence-corrected chi connectivity index (χ3v) is 1.65. The number of carbonyl (C=O) groups is 1. The first-order valence-electron chi connectivity index (χ1n) is 4.57. The van der Waals surface area contributed by atoms with Gasteiger partial charge in [-0.2, -0.15) is 0 Å². The Morgan fingerprint density at radius 2 is 2.00 bits per heavy atom. The van der Waals surface area contributed by atoms with Gasteiger partial charge in [-0.25, -0.2) is 0 Å². The molecule has 0 fully saturated rings. The van der Waals surface area contributed by atoms with Crippen LogP contribution in [0.2, 0.25) is 0 Å². The highest BCUT2D eigenvalue weighted by molar-refractivity contribution is 5.73. The van der Waals surface area contributed by atoms with Crippen molar-refractivity contribution in [3.05, 3.63) is 0 Å². The maximum atomic E-state index is 10.3. The Morgan fingerprint density at radius 3 is 2.62 bits per heavy atom. The smallest absolute Gasteiger partial charge is 0.217 e. The van der Waals surface area contributed by atoms with Crippen LogP contribution in [0.5, 0.6) is 0 Å². The highest BCUT2D eigenvalue weighted by Crippen LogP contribution is 2.02. The van der Waals surface area contributed by atoms with Crippen molar-refractivity contribution in [1.82, 2.24) is 0 Å². The summed E-state index contributed by atoms with van der Waals surface area (Å²) >= 11 is 0. The molecule has 0 spiro atoms. The van der Waals surface area contributed by atoms with Crippen LogP contribution in [0.4, 0.5) is 0 Å². The summed E-state index contributed by atoms with van der Waals surface area (Å²) in [7, 11) is 0. The molecule has 0 aromatic carbocycles. The summed E-state index contributed by atoms with van der Waals surface area (Å²) in [6, 6.07) is 0. The number of carbonyl (C=O) groups excluding carboxylic acids is 1. The number of hydrogen-bond donors (Lipinski definition) is 1. The fourth-order valence-corrected chi connectivity index (χ4v) is 0.988. The second-order valence-corrected chi connectivity index (χ2v) is 2.89. The number of unbranched alkanes of at least 4 members (excludes halogenated alkanes) is 3. The van der Waals surface area contributed by atoms with E-state index in [-0.39, 0.29) is 5.91 Å². The normalized spacial score (nSPS) is 9.46. The lowest BCUT2D eigenvalue weighted by Crippen LogP contribution is -2.09. The molecule has 3 nitrogen and oxygen atoms in total. The van der Waals surface area contributed by atoms with Crippen LogP contribution >= 0.6 is 0 Å². The van der Waals surface area contributed by atoms with Crippen molar-refractivity contribution in [3.8, 4) is 12.3 Å². The molecule has 0 rings (SSSR count). The van der Waals surface area contributed by atoms with E-state index in [9.17, 15) is 4.79 Å². The topological polar surface area (TPSA) is 52.3 Å². The molecule has 2 N–H and O–H groups in total. The number of ether oxygens (including phenoxy) is 1. The van der Waals surface area contributed by atoms with Gasteiger partial charge < -0.3 is 10.5 Å². The molecule has 0 aromatic rings. The van der Waals surface area contributed by atoms with Gasteiger partial charge in [-0.05, 0) is 12.8 Å². The van der Waals surface area contributed by atoms with Crippen LogP contribution in [-0.4, -0.2) is 19.1 Å². The fourth-order valence-electron chi connectivity index (χ4n) is 0.988. The standard InChI is InChI=1S/C10H17NO2/c1-2-8-13-9-6-4-3-5-7-10(11)12/h1H,3-9H2,(H2,11,12). The average molecular weight is 183 g/mol. The number of primary amides is 1. The van der Waals surface area contributed by atoms with E-state index in [1.54, 1.807) is 0 Å². The molecule has 0 saturated heterocycles. The minimum absolute atomic E-state index is 0.219. The molecular weight excluding hydrogens is 166 g/mol. The molecule has 0 aliphatic carbocycles. The highest BCUT2D eigenvalue weighted by atomic mass is 16.5. The molecule has 0 saturated carbocycles. The average Bonchev–Trinajstić information content (AvgIpc) is 2.09. The van der Waals surface area contributed by atoms with Crippen LogP contribution in [0.25, 0.3) is 0 Å². The largest absolute Gasteiger partial charge is 0.370 e. The molecule has 13 heavy (non-hydrogen) atoms. The van der Waals surface area contributed by atoms with Crippen molar-refractivity contribution in [2.75, 3.05) is 13.2 Å². The predicted molar refractivity (Wildman–Crippen MR) is 51.9 cm³/mol. The zero-order chi connectivity index (χ0) is 9.94. The first-order chi connectivity index (χ1) is 6.27. The number of amides is 1. The van der Waals surface area contributed by atoms with Gasteiger partial charge in [-0.3, -0.25) is 4.79 Å². The van der Waals surface area contributed by atoms with Gasteiger partial charge in [-0.1, -0.05) is 18.8 Å². The van der Waals surface area contributed by atoms with E-state index in [1.165, 1.54) is 0 Å². The number of terminal acetylenes is 1.